The first-order chi connectivity index (χ1) is 38.7. The first-order valence-corrected chi connectivity index (χ1v) is 30.2. The molecule has 1 aliphatic heterocycles. The zero-order chi connectivity index (χ0) is 57.9. The number of nitrogens with zero attached hydrogens (tertiary/aromatic N) is 8. The van der Waals surface area contributed by atoms with Crippen molar-refractivity contribution in [1.82, 2.24) is 61.5 Å². The molecule has 0 saturated carbocycles. The fourth-order valence-electron chi connectivity index (χ4n) is 8.15. The van der Waals surface area contributed by atoms with Crippen molar-refractivity contribution >= 4 is 109 Å². The van der Waals surface area contributed by atoms with Gasteiger partial charge >= 0.3 is 6.09 Å². The van der Waals surface area contributed by atoms with Gasteiger partial charge in [-0.25, -0.2) is 39.7 Å². The Morgan fingerprint density at radius 2 is 1.42 bits per heavy atom. The molecule has 0 aliphatic carbocycles. The lowest BCUT2D eigenvalue weighted by atomic mass is 10.0. The largest absolute Gasteiger partial charge is 0.443 e. The summed E-state index contributed by atoms with van der Waals surface area (Å²) in [7, 11) is 4.52. The van der Waals surface area contributed by atoms with Crippen LogP contribution in [0.4, 0.5) is 10.6 Å². The number of hydrogen-bond donors (Lipinski definition) is 6. The molecule has 81 heavy (non-hydrogen) atoms. The SMILES string of the molecule is CNC(=O)CC1NC(=O)c2csc(n2)-c2ccc(-c3nc(N(C)C(=O)OC(C)(C)C)cs3)nc2-c2csc(n2)-c2csc(n2)C(C(O)c2ccccc2)NC(=O)CNC(=O)c2nc(sc2COC)C(C(C)C)NC(=O)c2nc1sc2C. The van der Waals surface area contributed by atoms with Crippen LogP contribution in [0.2, 0.25) is 0 Å². The molecule has 1 aromatic carbocycles. The van der Waals surface area contributed by atoms with Gasteiger partial charge in [-0.3, -0.25) is 28.9 Å². The Bertz CT molecular complexity index is 3640. The molecular formula is C53H55N13O9S6. The number of hydrogen-bond acceptors (Lipinski definition) is 22. The monoisotopic (exact) mass is 1210 g/mol. The van der Waals surface area contributed by atoms with E-state index in [2.05, 4.69) is 26.6 Å². The molecule has 0 saturated heterocycles. The summed E-state index contributed by atoms with van der Waals surface area (Å²) in [6.07, 6.45) is -2.06. The van der Waals surface area contributed by atoms with Crippen molar-refractivity contribution in [3.05, 3.63) is 111 Å². The standard InChI is InChI=1S/C53H55N13O9S6/c1-24(2)37-51-65-40(33(81-51)19-74-9)44(71)55-18-36(68)62-41(42(69)26-13-11-10-12-14-26)50-60-32(22-78-50)48-58-30(20-77-48)39-27(15-16-28(56-39)47-61-34(23-79-47)66(8)52(73)75-53(4,5)6)46-59-31(21-76-46)43(70)57-29(17-35(67)54-7)49-64-38(25(3)80-49)45(72)63-37/h10-16,20-24,29,37,41-42,69H,17-19H2,1-9H3,(H,54,67)(H,55,71)(H,57,70)(H,62,68)(H,63,72). The number of benzene rings is 1. The van der Waals surface area contributed by atoms with Crippen molar-refractivity contribution in [1.29, 1.82) is 0 Å². The Morgan fingerprint density at radius 3 is 2.15 bits per heavy atom. The average Bonchev–Trinajstić information content (AvgIpc) is 4.40. The van der Waals surface area contributed by atoms with Crippen LogP contribution in [0.1, 0.15) is 127 Å². The summed E-state index contributed by atoms with van der Waals surface area (Å²) < 4.78 is 11.0. The van der Waals surface area contributed by atoms with E-state index >= 15 is 0 Å². The lowest BCUT2D eigenvalue weighted by Gasteiger charge is -2.23. The molecule has 7 aromatic heterocycles. The Morgan fingerprint density at radius 1 is 0.728 bits per heavy atom. The van der Waals surface area contributed by atoms with Gasteiger partial charge in [-0.05, 0) is 51.3 Å². The van der Waals surface area contributed by atoms with Gasteiger partial charge < -0.3 is 41.2 Å². The second kappa shape index (κ2) is 24.8. The molecule has 22 nitrogen and oxygen atoms in total. The number of anilines is 1. The van der Waals surface area contributed by atoms with Gasteiger partial charge in [0.15, 0.2) is 0 Å². The third kappa shape index (κ3) is 13.4. The molecule has 10 bridgehead atoms. The number of aryl methyl sites for hydroxylation is 1. The number of amides is 6. The average molecular weight is 1210 g/mol. The molecule has 422 valence electrons. The van der Waals surface area contributed by atoms with Gasteiger partial charge in [-0.1, -0.05) is 44.2 Å². The maximum absolute atomic E-state index is 14.3. The lowest BCUT2D eigenvalue weighted by molar-refractivity contribution is -0.122. The van der Waals surface area contributed by atoms with Gasteiger partial charge in [-0.2, -0.15) is 0 Å². The highest BCUT2D eigenvalue weighted by Crippen LogP contribution is 2.40. The summed E-state index contributed by atoms with van der Waals surface area (Å²) in [5.41, 5.74) is 2.09. The highest BCUT2D eigenvalue weighted by atomic mass is 32.1. The summed E-state index contributed by atoms with van der Waals surface area (Å²) in [5.74, 6) is -2.74. The molecular weight excluding hydrogens is 1160 g/mol. The van der Waals surface area contributed by atoms with Crippen LogP contribution in [0.5, 0.6) is 0 Å². The number of aliphatic hydroxyl groups is 1. The number of carbonyl (C=O) groups excluding carboxylic acids is 6. The summed E-state index contributed by atoms with van der Waals surface area (Å²) in [5, 5.41) is 35.3. The van der Waals surface area contributed by atoms with Crippen LogP contribution in [0.3, 0.4) is 0 Å². The minimum Gasteiger partial charge on any atom is -0.443 e. The predicted molar refractivity (Wildman–Crippen MR) is 312 cm³/mol. The fraction of sp³-hybridized carbons (Fsp3) is 0.340. The summed E-state index contributed by atoms with van der Waals surface area (Å²) in [4.78, 5) is 119. The van der Waals surface area contributed by atoms with Gasteiger partial charge in [0.1, 0.15) is 87.8 Å². The van der Waals surface area contributed by atoms with E-state index in [1.54, 1.807) is 98.7 Å². The quantitative estimate of drug-likeness (QED) is 0.0787. The molecule has 9 rings (SSSR count). The maximum atomic E-state index is 14.3. The number of aliphatic hydroxyl groups excluding tert-OH is 1. The number of methoxy groups -OCH3 is 1. The van der Waals surface area contributed by atoms with E-state index in [4.69, 9.17) is 44.4 Å². The van der Waals surface area contributed by atoms with Crippen molar-refractivity contribution in [3.63, 3.8) is 0 Å². The van der Waals surface area contributed by atoms with Gasteiger partial charge in [0.2, 0.25) is 11.8 Å². The van der Waals surface area contributed by atoms with Crippen LogP contribution in [-0.4, -0.2) is 109 Å². The number of ether oxygens (including phenoxy) is 2. The minimum atomic E-state index is -1.27. The zero-order valence-electron chi connectivity index (χ0n) is 45.1. The molecule has 6 N–H and O–H groups in total. The number of rotatable bonds is 9. The Hall–Kier alpha value is -7.31. The van der Waals surface area contributed by atoms with Gasteiger partial charge in [0.05, 0.1) is 42.2 Å². The van der Waals surface area contributed by atoms with E-state index in [1.807, 2.05) is 13.8 Å². The highest BCUT2D eigenvalue weighted by molar-refractivity contribution is 7.15. The first-order valence-electron chi connectivity index (χ1n) is 25.1. The molecule has 0 fully saturated rings. The van der Waals surface area contributed by atoms with Crippen LogP contribution in [0.15, 0.2) is 64.0 Å². The van der Waals surface area contributed by atoms with E-state index < -0.39 is 72.0 Å². The van der Waals surface area contributed by atoms with E-state index in [0.717, 1.165) is 11.3 Å². The normalized spacial score (nSPS) is 16.7. The topological polar surface area (TPSA) is 295 Å². The lowest BCUT2D eigenvalue weighted by Crippen LogP contribution is -2.40. The predicted octanol–water partition coefficient (Wildman–Crippen LogP) is 8.68. The second-order valence-corrected chi connectivity index (χ2v) is 25.5. The molecule has 4 unspecified atom stereocenters. The summed E-state index contributed by atoms with van der Waals surface area (Å²) in [6.45, 7) is 10.3. The van der Waals surface area contributed by atoms with Gasteiger partial charge in [0, 0.05) is 53.2 Å². The van der Waals surface area contributed by atoms with Crippen LogP contribution in [0, 0.1) is 12.8 Å². The van der Waals surface area contributed by atoms with Gasteiger partial charge in [-0.15, -0.1) is 68.0 Å². The molecule has 28 heteroatoms. The number of nitrogens with one attached hydrogen (secondary N) is 5. The van der Waals surface area contributed by atoms with Crippen LogP contribution in [-0.2, 0) is 25.7 Å². The number of thiazole rings is 6. The van der Waals surface area contributed by atoms with Crippen molar-refractivity contribution in [2.45, 2.75) is 84.4 Å². The smallest absolute Gasteiger partial charge is 0.415 e. The van der Waals surface area contributed by atoms with Crippen LogP contribution >= 0.6 is 68.0 Å². The Labute approximate surface area is 488 Å². The third-order valence-electron chi connectivity index (χ3n) is 12.2. The van der Waals surface area contributed by atoms with Gasteiger partial charge in [0.25, 0.3) is 17.7 Å². The van der Waals surface area contributed by atoms with Crippen molar-refractivity contribution in [2.75, 3.05) is 32.6 Å². The van der Waals surface area contributed by atoms with Crippen molar-refractivity contribution < 1.29 is 43.3 Å². The Kier molecular flexibility index (Phi) is 17.9. The molecule has 0 spiro atoms. The van der Waals surface area contributed by atoms with E-state index in [0.29, 0.717) is 79.5 Å². The van der Waals surface area contributed by atoms with Crippen molar-refractivity contribution in [3.8, 4) is 43.4 Å². The van der Waals surface area contributed by atoms with E-state index in [-0.39, 0.29) is 36.0 Å². The zero-order valence-corrected chi connectivity index (χ0v) is 50.0. The second-order valence-electron chi connectivity index (χ2n) is 19.7. The summed E-state index contributed by atoms with van der Waals surface area (Å²) >= 11 is 7.25. The minimum absolute atomic E-state index is 0.00315. The number of aromatic nitrogens is 7. The number of carbonyl (C=O) groups is 6. The van der Waals surface area contributed by atoms with E-state index in [9.17, 15) is 33.9 Å². The van der Waals surface area contributed by atoms with Crippen LogP contribution < -0.4 is 31.5 Å². The van der Waals surface area contributed by atoms with Crippen molar-refractivity contribution in [2.24, 2.45) is 5.92 Å². The fourth-order valence-corrected chi connectivity index (χ4v) is 13.7. The molecule has 6 amide bonds. The number of fused-ring (bicyclic) bond motifs is 14. The summed E-state index contributed by atoms with van der Waals surface area (Å²) in [6, 6.07) is 9.58. The molecule has 0 radical (unpaired) electrons. The maximum Gasteiger partial charge on any atom is 0.415 e. The van der Waals surface area contributed by atoms with E-state index in [1.165, 1.54) is 75.7 Å². The third-order valence-corrected chi connectivity index (χ3v) is 18.0. The number of pyridine rings is 1. The molecule has 1 aliphatic rings. The first kappa shape index (κ1) is 58.3. The highest BCUT2D eigenvalue weighted by Gasteiger charge is 2.33. The molecule has 4 atom stereocenters. The van der Waals surface area contributed by atoms with Crippen LogP contribution in [0.25, 0.3) is 43.4 Å². The Balaban J connectivity index is 1.13. The molecule has 8 heterocycles. The molecule has 8 aromatic rings.